The largest absolute Gasteiger partial charge is 0.478 e. The van der Waals surface area contributed by atoms with Gasteiger partial charge in [0.1, 0.15) is 5.69 Å². The van der Waals surface area contributed by atoms with E-state index in [1.165, 1.54) is 10.6 Å². The number of fused-ring (bicyclic) bond motifs is 2. The number of benzene rings is 2. The van der Waals surface area contributed by atoms with Gasteiger partial charge in [-0.05, 0) is 66.3 Å². The van der Waals surface area contributed by atoms with E-state index >= 15 is 0 Å². The number of carboxylic acid groups (broad SMARTS) is 1. The molecule has 37 heavy (non-hydrogen) atoms. The van der Waals surface area contributed by atoms with Gasteiger partial charge in [-0.3, -0.25) is 4.79 Å². The zero-order chi connectivity index (χ0) is 26.3. The maximum atomic E-state index is 13.5. The number of anilines is 1. The van der Waals surface area contributed by atoms with Gasteiger partial charge in [-0.2, -0.15) is 9.50 Å². The Morgan fingerprint density at radius 2 is 1.95 bits per heavy atom. The summed E-state index contributed by atoms with van der Waals surface area (Å²) in [6, 6.07) is 8.39. The molecule has 2 aromatic heterocycles. The van der Waals surface area contributed by atoms with E-state index in [4.69, 9.17) is 5.73 Å². The van der Waals surface area contributed by atoms with E-state index < -0.39 is 23.5 Å². The number of carbonyl (C=O) groups is 2. The summed E-state index contributed by atoms with van der Waals surface area (Å²) in [4.78, 5) is 33.0. The number of hydrogen-bond donors (Lipinski definition) is 4. The van der Waals surface area contributed by atoms with Gasteiger partial charge < -0.3 is 21.5 Å². The minimum absolute atomic E-state index is 0.0110. The zero-order valence-electron chi connectivity index (χ0n) is 19.8. The van der Waals surface area contributed by atoms with Crippen LogP contribution < -0.4 is 16.4 Å². The van der Waals surface area contributed by atoms with Crippen LogP contribution >= 0.6 is 0 Å². The van der Waals surface area contributed by atoms with E-state index in [1.807, 2.05) is 13.0 Å². The predicted octanol–water partition coefficient (Wildman–Crippen LogP) is 2.70. The number of carboxylic acids is 1. The van der Waals surface area contributed by atoms with Gasteiger partial charge in [0.05, 0.1) is 11.3 Å². The Morgan fingerprint density at radius 1 is 1.14 bits per heavy atom. The smallest absolute Gasteiger partial charge is 0.335 e. The molecule has 0 radical (unpaired) electrons. The van der Waals surface area contributed by atoms with Gasteiger partial charge in [0.2, 0.25) is 5.95 Å². The van der Waals surface area contributed by atoms with Crippen LogP contribution in [0.3, 0.4) is 0 Å². The molecule has 4 aromatic rings. The van der Waals surface area contributed by atoms with Crippen molar-refractivity contribution in [3.05, 3.63) is 87.2 Å². The van der Waals surface area contributed by atoms with E-state index in [1.54, 1.807) is 12.1 Å². The summed E-state index contributed by atoms with van der Waals surface area (Å²) in [5, 5.41) is 19.5. The van der Waals surface area contributed by atoms with E-state index in [0.717, 1.165) is 41.7 Å². The summed E-state index contributed by atoms with van der Waals surface area (Å²) < 4.78 is 27.9. The Labute approximate surface area is 209 Å². The summed E-state index contributed by atoms with van der Waals surface area (Å²) in [5.74, 6) is -3.35. The normalized spacial score (nSPS) is 14.6. The van der Waals surface area contributed by atoms with Crippen LogP contribution in [0, 0.1) is 18.6 Å². The van der Waals surface area contributed by atoms with Crippen LogP contribution in [0.1, 0.15) is 61.3 Å². The summed E-state index contributed by atoms with van der Waals surface area (Å²) >= 11 is 0. The first-order valence-corrected chi connectivity index (χ1v) is 11.5. The van der Waals surface area contributed by atoms with Gasteiger partial charge >= 0.3 is 5.97 Å². The molecule has 0 saturated heterocycles. The highest BCUT2D eigenvalue weighted by atomic mass is 19.2. The molecule has 1 amide bonds. The highest BCUT2D eigenvalue weighted by Gasteiger charge is 2.26. The van der Waals surface area contributed by atoms with Crippen molar-refractivity contribution in [2.24, 2.45) is 0 Å². The Balaban J connectivity index is 1.35. The minimum atomic E-state index is -1.00. The van der Waals surface area contributed by atoms with Crippen molar-refractivity contribution in [3.8, 4) is 0 Å². The first kappa shape index (κ1) is 24.3. The van der Waals surface area contributed by atoms with Crippen molar-refractivity contribution in [2.45, 2.75) is 38.9 Å². The number of nitrogens with two attached hydrogens (primary N) is 1. The summed E-state index contributed by atoms with van der Waals surface area (Å²) in [7, 11) is 0. The second-order valence-corrected chi connectivity index (χ2v) is 8.83. The third-order valence-corrected chi connectivity index (χ3v) is 6.50. The molecule has 0 spiro atoms. The first-order chi connectivity index (χ1) is 17.7. The second kappa shape index (κ2) is 9.54. The van der Waals surface area contributed by atoms with Crippen LogP contribution in [0.2, 0.25) is 0 Å². The van der Waals surface area contributed by atoms with Crippen LogP contribution in [-0.4, -0.2) is 36.6 Å². The average Bonchev–Trinajstić information content (AvgIpc) is 3.45. The van der Waals surface area contributed by atoms with Crippen LogP contribution in [0.5, 0.6) is 0 Å². The third-order valence-electron chi connectivity index (χ3n) is 6.50. The number of amides is 1. The molecule has 0 aliphatic heterocycles. The molecule has 1 atom stereocenters. The Hall–Kier alpha value is -4.45. The van der Waals surface area contributed by atoms with Crippen LogP contribution in [0.15, 0.2) is 36.4 Å². The van der Waals surface area contributed by atoms with E-state index in [2.05, 4.69) is 25.7 Å². The topological polar surface area (TPSA) is 148 Å². The average molecular weight is 508 g/mol. The number of halogens is 2. The fourth-order valence-corrected chi connectivity index (χ4v) is 4.66. The SMILES string of the molecule is Cc1c(C(=O)O)ccc2c1CC[C@@H]2NCc1cc(C(=O)NCc2ccc(F)c(F)c2)n2nc(N)nc2n1. The molecule has 190 valence electrons. The second-order valence-electron chi connectivity index (χ2n) is 8.83. The molecular weight excluding hydrogens is 484 g/mol. The highest BCUT2D eigenvalue weighted by molar-refractivity contribution is 5.93. The van der Waals surface area contributed by atoms with Crippen LogP contribution in [0.25, 0.3) is 5.78 Å². The molecule has 0 saturated carbocycles. The number of rotatable bonds is 7. The summed E-state index contributed by atoms with van der Waals surface area (Å²) in [5.41, 5.74) is 9.91. The molecule has 0 bridgehead atoms. The molecule has 5 N–H and O–H groups in total. The molecule has 0 unspecified atom stereocenters. The lowest BCUT2D eigenvalue weighted by molar-refractivity contribution is 0.0695. The quantitative estimate of drug-likeness (QED) is 0.299. The Morgan fingerprint density at radius 3 is 2.70 bits per heavy atom. The molecule has 2 aromatic carbocycles. The van der Waals surface area contributed by atoms with Crippen molar-refractivity contribution in [2.75, 3.05) is 5.73 Å². The lowest BCUT2D eigenvalue weighted by Gasteiger charge is -2.15. The number of hydrogen-bond acceptors (Lipinski definition) is 7. The van der Waals surface area contributed by atoms with Crippen LogP contribution in [-0.2, 0) is 19.5 Å². The third kappa shape index (κ3) is 4.70. The number of nitrogen functional groups attached to an aromatic ring is 1. The van der Waals surface area contributed by atoms with Crippen molar-refractivity contribution in [3.63, 3.8) is 0 Å². The fourth-order valence-electron chi connectivity index (χ4n) is 4.66. The first-order valence-electron chi connectivity index (χ1n) is 11.5. The maximum absolute atomic E-state index is 13.5. The van der Waals surface area contributed by atoms with Gasteiger partial charge in [0, 0.05) is 19.1 Å². The summed E-state index contributed by atoms with van der Waals surface area (Å²) in [6.07, 6.45) is 1.55. The van der Waals surface area contributed by atoms with Gasteiger partial charge in [-0.25, -0.2) is 18.6 Å². The molecule has 1 aliphatic carbocycles. The van der Waals surface area contributed by atoms with E-state index in [-0.39, 0.29) is 30.0 Å². The standard InChI is InChI=1S/C25H23F2N7O3/c1-12-15-5-7-20(17(15)4-3-16(12)23(36)37)29-11-14-9-21(34-25(31-14)32-24(28)33-34)22(35)30-10-13-2-6-18(26)19(27)8-13/h2-4,6,8-9,20,29H,5,7,10-11H2,1H3,(H2,28,33)(H,30,35)(H,36,37)/t20-/m0/s1. The fraction of sp³-hybridized carbons (Fsp3) is 0.240. The predicted molar refractivity (Wildman–Crippen MR) is 129 cm³/mol. The number of carbonyl (C=O) groups excluding carboxylic acids is 1. The zero-order valence-corrected chi connectivity index (χ0v) is 19.8. The van der Waals surface area contributed by atoms with Crippen LogP contribution in [0.4, 0.5) is 14.7 Å². The molecule has 2 heterocycles. The van der Waals surface area contributed by atoms with Crippen molar-refractivity contribution < 1.29 is 23.5 Å². The lowest BCUT2D eigenvalue weighted by atomic mass is 9.98. The van der Waals surface area contributed by atoms with E-state index in [0.29, 0.717) is 23.4 Å². The van der Waals surface area contributed by atoms with Gasteiger partial charge in [-0.15, -0.1) is 5.10 Å². The maximum Gasteiger partial charge on any atom is 0.335 e. The molecule has 0 fully saturated rings. The molecular formula is C25H23F2N7O3. The number of aromatic nitrogens is 4. The van der Waals surface area contributed by atoms with Gasteiger partial charge in [-0.1, -0.05) is 12.1 Å². The van der Waals surface area contributed by atoms with Crippen molar-refractivity contribution in [1.29, 1.82) is 0 Å². The molecule has 1 aliphatic rings. The number of aromatic carboxylic acids is 1. The lowest BCUT2D eigenvalue weighted by Crippen LogP contribution is -2.27. The van der Waals surface area contributed by atoms with Gasteiger partial charge in [0.15, 0.2) is 11.6 Å². The van der Waals surface area contributed by atoms with Crippen molar-refractivity contribution in [1.82, 2.24) is 30.2 Å². The van der Waals surface area contributed by atoms with Crippen molar-refractivity contribution >= 4 is 23.6 Å². The Bertz CT molecular complexity index is 1550. The number of nitrogens with zero attached hydrogens (tertiary/aromatic N) is 4. The molecule has 10 nitrogen and oxygen atoms in total. The van der Waals surface area contributed by atoms with Gasteiger partial charge in [0.25, 0.3) is 11.7 Å². The molecule has 12 heteroatoms. The monoisotopic (exact) mass is 507 g/mol. The summed E-state index contributed by atoms with van der Waals surface area (Å²) in [6.45, 7) is 2.09. The number of nitrogens with one attached hydrogen (secondary N) is 2. The Kier molecular flexibility index (Phi) is 6.25. The molecule has 5 rings (SSSR count). The highest BCUT2D eigenvalue weighted by Crippen LogP contribution is 2.34. The minimum Gasteiger partial charge on any atom is -0.478 e. The van der Waals surface area contributed by atoms with E-state index in [9.17, 15) is 23.5 Å².